The highest BCUT2D eigenvalue weighted by Gasteiger charge is 2.19. The summed E-state index contributed by atoms with van der Waals surface area (Å²) in [5.74, 6) is 0.325. The topological polar surface area (TPSA) is 64.4 Å². The fourth-order valence-electron chi connectivity index (χ4n) is 2.29. The van der Waals surface area contributed by atoms with Crippen molar-refractivity contribution in [2.75, 3.05) is 18.2 Å². The Bertz CT molecular complexity index is 611. The molecule has 0 aliphatic rings. The van der Waals surface area contributed by atoms with Gasteiger partial charge in [0.1, 0.15) is 5.75 Å². The third-order valence-electron chi connectivity index (χ3n) is 3.41. The van der Waals surface area contributed by atoms with Gasteiger partial charge in [0.25, 0.3) is 0 Å². The van der Waals surface area contributed by atoms with Gasteiger partial charge in [0.05, 0.1) is 18.7 Å². The van der Waals surface area contributed by atoms with Crippen molar-refractivity contribution < 1.29 is 9.53 Å². The zero-order valence-corrected chi connectivity index (χ0v) is 12.3. The van der Waals surface area contributed by atoms with E-state index in [1.165, 1.54) is 0 Å². The number of methoxy groups -OCH3 is 1. The second-order valence-electron chi connectivity index (χ2n) is 4.82. The third-order valence-corrected chi connectivity index (χ3v) is 3.41. The summed E-state index contributed by atoms with van der Waals surface area (Å²) >= 11 is 0. The molecule has 1 amide bonds. The van der Waals surface area contributed by atoms with Gasteiger partial charge in [-0.25, -0.2) is 0 Å². The van der Waals surface area contributed by atoms with E-state index in [0.717, 1.165) is 12.0 Å². The first kappa shape index (κ1) is 14.9. The van der Waals surface area contributed by atoms with Gasteiger partial charge in [0.15, 0.2) is 0 Å². The average molecular weight is 284 g/mol. The zero-order chi connectivity index (χ0) is 15.2. The molecule has 1 unspecified atom stereocenters. The van der Waals surface area contributed by atoms with Crippen LogP contribution in [0.25, 0.3) is 0 Å². The number of nitrogens with two attached hydrogens (primary N) is 1. The number of carbonyl (C=O) groups excluding carboxylic acids is 1. The molecule has 0 spiro atoms. The summed E-state index contributed by atoms with van der Waals surface area (Å²) in [5.41, 5.74) is 7.95. The SMILES string of the molecule is CCC(C(=O)Nc1ccc(N)cc1OC)c1ccccc1. The number of rotatable bonds is 5. The minimum atomic E-state index is -0.187. The number of nitrogens with one attached hydrogen (secondary N) is 1. The first-order valence-corrected chi connectivity index (χ1v) is 6.95. The Labute approximate surface area is 124 Å². The average Bonchev–Trinajstić information content (AvgIpc) is 2.51. The molecule has 4 heteroatoms. The Morgan fingerprint density at radius 2 is 1.95 bits per heavy atom. The minimum Gasteiger partial charge on any atom is -0.494 e. The number of carbonyl (C=O) groups is 1. The molecule has 0 heterocycles. The van der Waals surface area contributed by atoms with Crippen LogP contribution in [-0.4, -0.2) is 13.0 Å². The molecule has 0 fully saturated rings. The molecule has 2 aromatic carbocycles. The molecular formula is C17H20N2O2. The molecule has 2 aromatic rings. The van der Waals surface area contributed by atoms with Crippen LogP contribution in [0.15, 0.2) is 48.5 Å². The predicted octanol–water partition coefficient (Wildman–Crippen LogP) is 3.41. The fraction of sp³-hybridized carbons (Fsp3) is 0.235. The molecule has 0 radical (unpaired) electrons. The van der Waals surface area contributed by atoms with Crippen LogP contribution in [0.4, 0.5) is 11.4 Å². The molecule has 3 N–H and O–H groups in total. The maximum Gasteiger partial charge on any atom is 0.232 e. The smallest absolute Gasteiger partial charge is 0.232 e. The second kappa shape index (κ2) is 6.79. The van der Waals surface area contributed by atoms with E-state index in [-0.39, 0.29) is 11.8 Å². The standard InChI is InChI=1S/C17H20N2O2/c1-3-14(12-7-5-4-6-8-12)17(20)19-15-10-9-13(18)11-16(15)21-2/h4-11,14H,3,18H2,1-2H3,(H,19,20). The molecule has 4 nitrogen and oxygen atoms in total. The lowest BCUT2D eigenvalue weighted by molar-refractivity contribution is -0.117. The van der Waals surface area contributed by atoms with Crippen molar-refractivity contribution in [3.05, 3.63) is 54.1 Å². The monoisotopic (exact) mass is 284 g/mol. The molecule has 0 bridgehead atoms. The summed E-state index contributed by atoms with van der Waals surface area (Å²) in [7, 11) is 1.55. The van der Waals surface area contributed by atoms with Crippen molar-refractivity contribution in [3.8, 4) is 5.75 Å². The van der Waals surface area contributed by atoms with Crippen molar-refractivity contribution in [1.29, 1.82) is 0 Å². The number of anilines is 2. The Balaban J connectivity index is 2.20. The van der Waals surface area contributed by atoms with Crippen LogP contribution in [-0.2, 0) is 4.79 Å². The van der Waals surface area contributed by atoms with Gasteiger partial charge in [0.2, 0.25) is 5.91 Å². The summed E-state index contributed by atoms with van der Waals surface area (Å²) in [6, 6.07) is 14.9. The van der Waals surface area contributed by atoms with E-state index in [1.54, 1.807) is 25.3 Å². The highest BCUT2D eigenvalue weighted by Crippen LogP contribution is 2.29. The van der Waals surface area contributed by atoms with Gasteiger partial charge in [0, 0.05) is 11.8 Å². The van der Waals surface area contributed by atoms with E-state index in [4.69, 9.17) is 10.5 Å². The van der Waals surface area contributed by atoms with Crippen molar-refractivity contribution in [3.63, 3.8) is 0 Å². The largest absolute Gasteiger partial charge is 0.494 e. The highest BCUT2D eigenvalue weighted by molar-refractivity contribution is 5.97. The summed E-state index contributed by atoms with van der Waals surface area (Å²) < 4.78 is 5.25. The van der Waals surface area contributed by atoms with Crippen LogP contribution in [0, 0.1) is 0 Å². The molecule has 0 aliphatic heterocycles. The molecule has 21 heavy (non-hydrogen) atoms. The van der Waals surface area contributed by atoms with Crippen molar-refractivity contribution in [1.82, 2.24) is 0 Å². The molecule has 0 saturated carbocycles. The molecule has 0 saturated heterocycles. The predicted molar refractivity (Wildman–Crippen MR) is 85.5 cm³/mol. The first-order chi connectivity index (χ1) is 10.2. The van der Waals surface area contributed by atoms with E-state index in [2.05, 4.69) is 5.32 Å². The van der Waals surface area contributed by atoms with Gasteiger partial charge in [-0.2, -0.15) is 0 Å². The molecule has 1 atom stereocenters. The van der Waals surface area contributed by atoms with E-state index in [0.29, 0.717) is 17.1 Å². The Morgan fingerprint density at radius 1 is 1.24 bits per heavy atom. The van der Waals surface area contributed by atoms with Crippen molar-refractivity contribution >= 4 is 17.3 Å². The zero-order valence-electron chi connectivity index (χ0n) is 12.3. The van der Waals surface area contributed by atoms with Crippen LogP contribution in [0.1, 0.15) is 24.8 Å². The van der Waals surface area contributed by atoms with E-state index in [1.807, 2.05) is 37.3 Å². The van der Waals surface area contributed by atoms with Crippen LogP contribution in [0.3, 0.4) is 0 Å². The van der Waals surface area contributed by atoms with Crippen molar-refractivity contribution in [2.24, 2.45) is 0 Å². The highest BCUT2D eigenvalue weighted by atomic mass is 16.5. The van der Waals surface area contributed by atoms with Gasteiger partial charge in [-0.05, 0) is 24.1 Å². The van der Waals surface area contributed by atoms with Crippen LogP contribution < -0.4 is 15.8 Å². The number of hydrogen-bond donors (Lipinski definition) is 2. The molecule has 110 valence electrons. The first-order valence-electron chi connectivity index (χ1n) is 6.95. The van der Waals surface area contributed by atoms with E-state index in [9.17, 15) is 4.79 Å². The van der Waals surface area contributed by atoms with Crippen LogP contribution in [0.2, 0.25) is 0 Å². The van der Waals surface area contributed by atoms with Gasteiger partial charge < -0.3 is 15.8 Å². The van der Waals surface area contributed by atoms with Gasteiger partial charge in [-0.15, -0.1) is 0 Å². The normalized spacial score (nSPS) is 11.7. The molecular weight excluding hydrogens is 264 g/mol. The lowest BCUT2D eigenvalue weighted by Crippen LogP contribution is -2.21. The maximum atomic E-state index is 12.5. The number of amides is 1. The Hall–Kier alpha value is -2.49. The Morgan fingerprint density at radius 3 is 2.57 bits per heavy atom. The summed E-state index contributed by atoms with van der Waals surface area (Å²) in [5, 5.41) is 2.92. The second-order valence-corrected chi connectivity index (χ2v) is 4.82. The molecule has 0 aliphatic carbocycles. The summed E-state index contributed by atoms with van der Waals surface area (Å²) in [6.07, 6.45) is 0.729. The third kappa shape index (κ3) is 3.54. The van der Waals surface area contributed by atoms with E-state index < -0.39 is 0 Å². The quantitative estimate of drug-likeness (QED) is 0.827. The number of nitrogen functional groups attached to an aromatic ring is 1. The van der Waals surface area contributed by atoms with Gasteiger partial charge >= 0.3 is 0 Å². The molecule has 0 aromatic heterocycles. The number of ether oxygens (including phenoxy) is 1. The minimum absolute atomic E-state index is 0.0493. The van der Waals surface area contributed by atoms with Gasteiger partial charge in [-0.1, -0.05) is 37.3 Å². The maximum absolute atomic E-state index is 12.5. The van der Waals surface area contributed by atoms with Crippen LogP contribution in [0.5, 0.6) is 5.75 Å². The number of benzene rings is 2. The summed E-state index contributed by atoms with van der Waals surface area (Å²) in [4.78, 5) is 12.5. The fourth-order valence-corrected chi connectivity index (χ4v) is 2.29. The van der Waals surface area contributed by atoms with Crippen molar-refractivity contribution in [2.45, 2.75) is 19.3 Å². The lowest BCUT2D eigenvalue weighted by Gasteiger charge is -2.17. The van der Waals surface area contributed by atoms with E-state index >= 15 is 0 Å². The molecule has 2 rings (SSSR count). The number of hydrogen-bond acceptors (Lipinski definition) is 3. The van der Waals surface area contributed by atoms with Crippen LogP contribution >= 0.6 is 0 Å². The Kier molecular flexibility index (Phi) is 4.82. The van der Waals surface area contributed by atoms with Gasteiger partial charge in [-0.3, -0.25) is 4.79 Å². The summed E-state index contributed by atoms with van der Waals surface area (Å²) in [6.45, 7) is 2.00. The lowest BCUT2D eigenvalue weighted by atomic mass is 9.95.